The summed E-state index contributed by atoms with van der Waals surface area (Å²) in [4.78, 5) is 1.81. The van der Waals surface area contributed by atoms with Crippen LogP contribution in [-0.2, 0) is 4.74 Å². The average Bonchev–Trinajstić information content (AvgIpc) is 2.49. The molecular formula is C15H18F2N2OS. The minimum Gasteiger partial charge on any atom is -0.389 e. The van der Waals surface area contributed by atoms with Gasteiger partial charge in [-0.25, -0.2) is 8.78 Å². The molecule has 1 saturated heterocycles. The first-order valence-electron chi connectivity index (χ1n) is 7.25. The molecule has 2 unspecified atom stereocenters. The van der Waals surface area contributed by atoms with E-state index in [0.717, 1.165) is 25.7 Å². The van der Waals surface area contributed by atoms with Gasteiger partial charge in [-0.2, -0.15) is 0 Å². The van der Waals surface area contributed by atoms with E-state index in [2.05, 4.69) is 0 Å². The van der Waals surface area contributed by atoms with Gasteiger partial charge in [-0.05, 0) is 25.0 Å². The lowest BCUT2D eigenvalue weighted by molar-refractivity contribution is -0.00895. The maximum Gasteiger partial charge on any atom is 0.182 e. The maximum absolute atomic E-state index is 14.4. The SMILES string of the molecule is NC(=S)c1ccc(N2CCOC3CCCCC32)c(F)c1F. The first-order chi connectivity index (χ1) is 10.1. The van der Waals surface area contributed by atoms with Crippen molar-refractivity contribution >= 4 is 22.9 Å². The molecule has 1 aliphatic heterocycles. The normalized spacial score (nSPS) is 25.5. The Morgan fingerprint density at radius 2 is 2.00 bits per heavy atom. The molecule has 21 heavy (non-hydrogen) atoms. The number of hydrogen-bond donors (Lipinski definition) is 1. The van der Waals surface area contributed by atoms with Crippen LogP contribution in [0, 0.1) is 11.6 Å². The zero-order valence-electron chi connectivity index (χ0n) is 11.6. The molecule has 1 saturated carbocycles. The summed E-state index contributed by atoms with van der Waals surface area (Å²) in [5.41, 5.74) is 5.65. The molecule has 3 rings (SSSR count). The predicted molar refractivity (Wildman–Crippen MR) is 81.6 cm³/mol. The van der Waals surface area contributed by atoms with E-state index in [0.29, 0.717) is 13.2 Å². The van der Waals surface area contributed by atoms with Crippen molar-refractivity contribution in [2.24, 2.45) is 5.73 Å². The highest BCUT2D eigenvalue weighted by Crippen LogP contribution is 2.34. The van der Waals surface area contributed by atoms with Crippen molar-refractivity contribution < 1.29 is 13.5 Å². The summed E-state index contributed by atoms with van der Waals surface area (Å²) in [6.45, 7) is 1.11. The fraction of sp³-hybridized carbons (Fsp3) is 0.533. The standard InChI is InChI=1S/C15H18F2N2OS/c16-13-9(15(18)21)5-6-11(14(13)17)19-7-8-20-12-4-2-1-3-10(12)19/h5-6,10,12H,1-4,7-8H2,(H2,18,21). The van der Waals surface area contributed by atoms with Gasteiger partial charge in [-0.15, -0.1) is 0 Å². The zero-order chi connectivity index (χ0) is 15.0. The van der Waals surface area contributed by atoms with Crippen LogP contribution in [-0.4, -0.2) is 30.3 Å². The number of nitrogens with two attached hydrogens (primary N) is 1. The number of nitrogens with zero attached hydrogens (tertiary/aromatic N) is 1. The van der Waals surface area contributed by atoms with Crippen LogP contribution in [0.15, 0.2) is 12.1 Å². The summed E-state index contributed by atoms with van der Waals surface area (Å²) < 4.78 is 34.3. The summed E-state index contributed by atoms with van der Waals surface area (Å²) in [6, 6.07) is 3.16. The highest BCUT2D eigenvalue weighted by atomic mass is 32.1. The van der Waals surface area contributed by atoms with Crippen LogP contribution >= 0.6 is 12.2 Å². The first kappa shape index (κ1) is 14.7. The summed E-state index contributed by atoms with van der Waals surface area (Å²) in [7, 11) is 0. The average molecular weight is 312 g/mol. The van der Waals surface area contributed by atoms with E-state index in [1.54, 1.807) is 6.07 Å². The van der Waals surface area contributed by atoms with Gasteiger partial charge in [0, 0.05) is 12.1 Å². The van der Waals surface area contributed by atoms with Crippen molar-refractivity contribution in [2.45, 2.75) is 37.8 Å². The zero-order valence-corrected chi connectivity index (χ0v) is 12.5. The van der Waals surface area contributed by atoms with E-state index in [4.69, 9.17) is 22.7 Å². The number of anilines is 1. The Balaban J connectivity index is 1.95. The summed E-state index contributed by atoms with van der Waals surface area (Å²) >= 11 is 4.74. The molecule has 0 bridgehead atoms. The Bertz CT molecular complexity index is 565. The molecule has 2 aliphatic rings. The van der Waals surface area contributed by atoms with Crippen LogP contribution in [0.25, 0.3) is 0 Å². The van der Waals surface area contributed by atoms with E-state index in [1.807, 2.05) is 4.90 Å². The number of morpholine rings is 1. The molecule has 0 radical (unpaired) electrons. The molecule has 0 aromatic heterocycles. The highest BCUT2D eigenvalue weighted by Gasteiger charge is 2.36. The van der Waals surface area contributed by atoms with Crippen LogP contribution in [0.5, 0.6) is 0 Å². The third-order valence-corrected chi connectivity index (χ3v) is 4.59. The highest BCUT2D eigenvalue weighted by molar-refractivity contribution is 7.80. The lowest BCUT2D eigenvalue weighted by atomic mass is 9.89. The monoisotopic (exact) mass is 312 g/mol. The molecule has 1 aliphatic carbocycles. The molecule has 2 fully saturated rings. The van der Waals surface area contributed by atoms with Gasteiger partial charge < -0.3 is 15.4 Å². The lowest BCUT2D eigenvalue weighted by Gasteiger charge is -2.45. The molecule has 0 spiro atoms. The summed E-state index contributed by atoms with van der Waals surface area (Å²) in [5, 5.41) is 0. The van der Waals surface area contributed by atoms with Crippen molar-refractivity contribution in [1.82, 2.24) is 0 Å². The molecule has 1 aromatic rings. The predicted octanol–water partition coefficient (Wildman–Crippen LogP) is 2.75. The van der Waals surface area contributed by atoms with Gasteiger partial charge in [0.1, 0.15) is 4.99 Å². The van der Waals surface area contributed by atoms with Crippen LogP contribution in [0.3, 0.4) is 0 Å². The fourth-order valence-corrected chi connectivity index (χ4v) is 3.50. The molecule has 114 valence electrons. The van der Waals surface area contributed by atoms with Crippen LogP contribution in [0.4, 0.5) is 14.5 Å². The van der Waals surface area contributed by atoms with Crippen molar-refractivity contribution in [2.75, 3.05) is 18.1 Å². The van der Waals surface area contributed by atoms with Gasteiger partial charge >= 0.3 is 0 Å². The Morgan fingerprint density at radius 1 is 1.24 bits per heavy atom. The van der Waals surface area contributed by atoms with Gasteiger partial charge in [0.05, 0.1) is 24.4 Å². The Morgan fingerprint density at radius 3 is 2.76 bits per heavy atom. The number of thiocarbonyl (C=S) groups is 1. The van der Waals surface area contributed by atoms with Crippen LogP contribution < -0.4 is 10.6 Å². The van der Waals surface area contributed by atoms with Crippen molar-refractivity contribution in [3.05, 3.63) is 29.3 Å². The summed E-state index contributed by atoms with van der Waals surface area (Å²) in [6.07, 6.45) is 4.27. The quantitative estimate of drug-likeness (QED) is 0.852. The molecule has 2 N–H and O–H groups in total. The minimum absolute atomic E-state index is 0.0419. The van der Waals surface area contributed by atoms with Gasteiger partial charge in [0.25, 0.3) is 0 Å². The minimum atomic E-state index is -0.959. The Kier molecular flexibility index (Phi) is 4.08. The van der Waals surface area contributed by atoms with E-state index < -0.39 is 11.6 Å². The Labute approximate surface area is 128 Å². The van der Waals surface area contributed by atoms with Crippen molar-refractivity contribution in [1.29, 1.82) is 0 Å². The van der Waals surface area contributed by atoms with E-state index in [1.165, 1.54) is 6.07 Å². The third kappa shape index (κ3) is 2.62. The van der Waals surface area contributed by atoms with Crippen molar-refractivity contribution in [3.63, 3.8) is 0 Å². The second kappa shape index (κ2) is 5.85. The van der Waals surface area contributed by atoms with Crippen LogP contribution in [0.1, 0.15) is 31.2 Å². The van der Waals surface area contributed by atoms with Gasteiger partial charge in [-0.1, -0.05) is 25.1 Å². The molecule has 1 aromatic carbocycles. The number of rotatable bonds is 2. The third-order valence-electron chi connectivity index (χ3n) is 4.37. The van der Waals surface area contributed by atoms with Crippen molar-refractivity contribution in [3.8, 4) is 0 Å². The summed E-state index contributed by atoms with van der Waals surface area (Å²) in [5.74, 6) is -1.83. The van der Waals surface area contributed by atoms with Gasteiger partial charge in [-0.3, -0.25) is 0 Å². The number of benzene rings is 1. The van der Waals surface area contributed by atoms with Gasteiger partial charge in [0.15, 0.2) is 11.6 Å². The lowest BCUT2D eigenvalue weighted by Crippen LogP contribution is -2.53. The molecule has 2 atom stereocenters. The molecule has 6 heteroatoms. The smallest absolute Gasteiger partial charge is 0.182 e. The first-order valence-corrected chi connectivity index (χ1v) is 7.66. The molecule has 0 amide bonds. The molecule has 3 nitrogen and oxygen atoms in total. The second-order valence-electron chi connectivity index (χ2n) is 5.58. The number of fused-ring (bicyclic) bond motifs is 1. The fourth-order valence-electron chi connectivity index (χ4n) is 3.35. The van der Waals surface area contributed by atoms with E-state index >= 15 is 0 Å². The largest absolute Gasteiger partial charge is 0.389 e. The maximum atomic E-state index is 14.4. The number of ether oxygens (including phenoxy) is 1. The van der Waals surface area contributed by atoms with Crippen LogP contribution in [0.2, 0.25) is 0 Å². The number of hydrogen-bond acceptors (Lipinski definition) is 3. The second-order valence-corrected chi connectivity index (χ2v) is 6.02. The molecular weight excluding hydrogens is 294 g/mol. The Hall–Kier alpha value is -1.27. The number of halogens is 2. The van der Waals surface area contributed by atoms with Gasteiger partial charge in [0.2, 0.25) is 0 Å². The molecule has 1 heterocycles. The van der Waals surface area contributed by atoms with E-state index in [9.17, 15) is 8.78 Å². The topological polar surface area (TPSA) is 38.5 Å². The van der Waals surface area contributed by atoms with E-state index in [-0.39, 0.29) is 28.4 Å².